The van der Waals surface area contributed by atoms with Gasteiger partial charge in [-0.2, -0.15) is 0 Å². The number of carbonyl (C=O) groups excluding carboxylic acids is 2. The third-order valence-electron chi connectivity index (χ3n) is 3.92. The van der Waals surface area contributed by atoms with E-state index in [1.54, 1.807) is 18.2 Å². The van der Waals surface area contributed by atoms with E-state index in [1.807, 2.05) is 30.3 Å². The van der Waals surface area contributed by atoms with Crippen molar-refractivity contribution in [1.82, 2.24) is 10.6 Å². The molecule has 2 heterocycles. The Morgan fingerprint density at radius 2 is 1.26 bits per heavy atom. The maximum absolute atomic E-state index is 12.4. The summed E-state index contributed by atoms with van der Waals surface area (Å²) in [7, 11) is 0. The molecule has 2 aromatic rings. The normalized spacial score (nSPS) is 16.5. The van der Waals surface area contributed by atoms with E-state index in [4.69, 9.17) is 0 Å². The Morgan fingerprint density at radius 3 is 1.96 bits per heavy atom. The van der Waals surface area contributed by atoms with E-state index in [-0.39, 0.29) is 23.1 Å². The zero-order chi connectivity index (χ0) is 16.0. The minimum absolute atomic E-state index is 0.0116. The lowest BCUT2D eigenvalue weighted by Crippen LogP contribution is -2.21. The average molecular weight is 304 g/mol. The van der Waals surface area contributed by atoms with Gasteiger partial charge in [0.15, 0.2) is 0 Å². The van der Waals surface area contributed by atoms with Gasteiger partial charge in [-0.05, 0) is 17.7 Å². The molecule has 0 saturated carbocycles. The molecular weight excluding hydrogens is 292 g/mol. The first-order valence-corrected chi connectivity index (χ1v) is 7.12. The molecule has 0 unspecified atom stereocenters. The predicted molar refractivity (Wildman–Crippen MR) is 84.7 cm³/mol. The van der Waals surface area contributed by atoms with Crippen molar-refractivity contribution < 1.29 is 14.7 Å². The lowest BCUT2D eigenvalue weighted by atomic mass is 10.0. The van der Waals surface area contributed by atoms with Crippen LogP contribution >= 0.6 is 0 Å². The van der Waals surface area contributed by atoms with E-state index in [2.05, 4.69) is 10.6 Å². The van der Waals surface area contributed by atoms with Crippen LogP contribution in [0.2, 0.25) is 0 Å². The first-order chi connectivity index (χ1) is 11.2. The van der Waals surface area contributed by atoms with Crippen LogP contribution < -0.4 is 10.6 Å². The van der Waals surface area contributed by atoms with E-state index < -0.39 is 0 Å². The third-order valence-corrected chi connectivity index (χ3v) is 3.92. The predicted octanol–water partition coefficient (Wildman–Crippen LogP) is 1.77. The van der Waals surface area contributed by atoms with Gasteiger partial charge in [0.2, 0.25) is 0 Å². The number of phenols is 1. The number of carbonyl (C=O) groups is 2. The van der Waals surface area contributed by atoms with Gasteiger partial charge in [0.1, 0.15) is 5.75 Å². The summed E-state index contributed by atoms with van der Waals surface area (Å²) in [5.74, 6) is -0.691. The molecule has 2 aromatic carbocycles. The van der Waals surface area contributed by atoms with Gasteiger partial charge >= 0.3 is 0 Å². The molecule has 0 saturated heterocycles. The first kappa shape index (κ1) is 13.3. The molecule has 0 atom stereocenters. The number of hydrogen-bond donors (Lipinski definition) is 3. The van der Waals surface area contributed by atoms with Crippen LogP contribution in [0.5, 0.6) is 5.75 Å². The highest BCUT2D eigenvalue weighted by Crippen LogP contribution is 2.39. The summed E-state index contributed by atoms with van der Waals surface area (Å²) in [4.78, 5) is 24.8. The molecule has 2 aliphatic rings. The largest absolute Gasteiger partial charge is 0.507 e. The van der Waals surface area contributed by atoms with Crippen molar-refractivity contribution in [2.45, 2.75) is 0 Å². The summed E-state index contributed by atoms with van der Waals surface area (Å²) < 4.78 is 0. The van der Waals surface area contributed by atoms with Gasteiger partial charge in [-0.15, -0.1) is 0 Å². The number of nitrogens with one attached hydrogen (secondary N) is 2. The fourth-order valence-electron chi connectivity index (χ4n) is 2.89. The summed E-state index contributed by atoms with van der Waals surface area (Å²) in [6, 6.07) is 15.8. The van der Waals surface area contributed by atoms with Crippen molar-refractivity contribution in [3.8, 4) is 5.75 Å². The van der Waals surface area contributed by atoms with Crippen LogP contribution in [0.1, 0.15) is 11.1 Å². The van der Waals surface area contributed by atoms with Crippen molar-refractivity contribution in [2.24, 2.45) is 0 Å². The smallest absolute Gasteiger partial charge is 0.258 e. The number of phenolic OH excluding ortho intramolecular Hbond substituents is 1. The molecule has 4 rings (SSSR count). The van der Waals surface area contributed by atoms with Gasteiger partial charge in [0, 0.05) is 5.56 Å². The van der Waals surface area contributed by atoms with E-state index in [9.17, 15) is 14.7 Å². The highest BCUT2D eigenvalue weighted by atomic mass is 16.3. The fourth-order valence-corrected chi connectivity index (χ4v) is 2.89. The molecule has 5 heteroatoms. The molecule has 112 valence electrons. The van der Waals surface area contributed by atoms with Crippen LogP contribution in [0, 0.1) is 0 Å². The number of amides is 2. The second-order valence-electron chi connectivity index (χ2n) is 5.29. The van der Waals surface area contributed by atoms with Crippen LogP contribution in [0.15, 0.2) is 65.7 Å². The molecule has 0 bridgehead atoms. The fraction of sp³-hybridized carbons (Fsp3) is 0. The number of fused-ring (bicyclic) bond motifs is 1. The lowest BCUT2D eigenvalue weighted by Gasteiger charge is -2.08. The molecule has 2 amide bonds. The molecule has 0 spiro atoms. The highest BCUT2D eigenvalue weighted by Gasteiger charge is 2.41. The molecule has 0 fully saturated rings. The average Bonchev–Trinajstić information content (AvgIpc) is 3.08. The van der Waals surface area contributed by atoms with Crippen molar-refractivity contribution >= 4 is 23.2 Å². The maximum Gasteiger partial charge on any atom is 0.258 e. The third kappa shape index (κ3) is 1.94. The van der Waals surface area contributed by atoms with Crippen LogP contribution in [0.25, 0.3) is 11.4 Å². The minimum Gasteiger partial charge on any atom is -0.507 e. The Balaban J connectivity index is 1.95. The lowest BCUT2D eigenvalue weighted by molar-refractivity contribution is -0.117. The summed E-state index contributed by atoms with van der Waals surface area (Å²) in [6.07, 6.45) is 0. The van der Waals surface area contributed by atoms with Gasteiger partial charge in [0.25, 0.3) is 11.8 Å². The molecule has 2 aliphatic heterocycles. The first-order valence-electron chi connectivity index (χ1n) is 7.12. The van der Waals surface area contributed by atoms with Gasteiger partial charge in [0.05, 0.1) is 22.5 Å². The van der Waals surface area contributed by atoms with Crippen LogP contribution in [-0.2, 0) is 9.59 Å². The van der Waals surface area contributed by atoms with Crippen molar-refractivity contribution in [3.05, 3.63) is 76.9 Å². The molecule has 0 radical (unpaired) electrons. The SMILES string of the molecule is O=C1NC(c2ccccc2O)=C2C(=O)NC(c3ccccc3)=C12. The molecule has 3 N–H and O–H groups in total. The maximum atomic E-state index is 12.4. The summed E-state index contributed by atoms with van der Waals surface area (Å²) in [6.45, 7) is 0. The molecule has 0 aliphatic carbocycles. The Labute approximate surface area is 132 Å². The Kier molecular flexibility index (Phi) is 2.81. The van der Waals surface area contributed by atoms with Crippen LogP contribution in [0.4, 0.5) is 0 Å². The van der Waals surface area contributed by atoms with E-state index in [1.165, 1.54) is 6.07 Å². The number of hydrogen-bond acceptors (Lipinski definition) is 3. The van der Waals surface area contributed by atoms with Crippen molar-refractivity contribution in [2.75, 3.05) is 0 Å². The number of benzene rings is 2. The summed E-state index contributed by atoms with van der Waals surface area (Å²) in [5, 5.41) is 15.5. The minimum atomic E-state index is -0.351. The Bertz CT molecular complexity index is 911. The van der Waals surface area contributed by atoms with Crippen molar-refractivity contribution in [3.63, 3.8) is 0 Å². The second-order valence-corrected chi connectivity index (χ2v) is 5.29. The van der Waals surface area contributed by atoms with Gasteiger partial charge in [-0.25, -0.2) is 0 Å². The molecular formula is C18H12N2O3. The van der Waals surface area contributed by atoms with E-state index in [0.717, 1.165) is 5.56 Å². The topological polar surface area (TPSA) is 78.4 Å². The van der Waals surface area contributed by atoms with E-state index in [0.29, 0.717) is 22.5 Å². The van der Waals surface area contributed by atoms with Gasteiger partial charge in [-0.1, -0.05) is 42.5 Å². The zero-order valence-corrected chi connectivity index (χ0v) is 12.0. The zero-order valence-electron chi connectivity index (χ0n) is 12.0. The molecule has 0 aromatic heterocycles. The Morgan fingerprint density at radius 1 is 0.696 bits per heavy atom. The Hall–Kier alpha value is -3.34. The van der Waals surface area contributed by atoms with Gasteiger partial charge < -0.3 is 15.7 Å². The van der Waals surface area contributed by atoms with Gasteiger partial charge in [-0.3, -0.25) is 9.59 Å². The second kappa shape index (κ2) is 4.84. The number of aromatic hydroxyl groups is 1. The summed E-state index contributed by atoms with van der Waals surface area (Å²) in [5.41, 5.74) is 2.62. The highest BCUT2D eigenvalue weighted by molar-refractivity contribution is 6.30. The summed E-state index contributed by atoms with van der Waals surface area (Å²) >= 11 is 0. The standard InChI is InChI=1S/C18H12N2O3/c21-12-9-5-4-8-11(12)16-14-13(17(22)20-16)15(19-18(14)23)10-6-2-1-3-7-10/h1-9,21H,(H,19,23)(H,20,22). The van der Waals surface area contributed by atoms with Crippen LogP contribution in [0.3, 0.4) is 0 Å². The molecule has 5 nitrogen and oxygen atoms in total. The van der Waals surface area contributed by atoms with Crippen molar-refractivity contribution in [1.29, 1.82) is 0 Å². The number of rotatable bonds is 2. The van der Waals surface area contributed by atoms with Crippen LogP contribution in [-0.4, -0.2) is 16.9 Å². The quantitative estimate of drug-likeness (QED) is 0.791. The number of para-hydroxylation sites is 1. The van der Waals surface area contributed by atoms with E-state index >= 15 is 0 Å². The monoisotopic (exact) mass is 304 g/mol. The molecule has 23 heavy (non-hydrogen) atoms.